The van der Waals surface area contributed by atoms with E-state index in [1.54, 1.807) is 0 Å². The Labute approximate surface area is 450 Å². The zero-order valence-electron chi connectivity index (χ0n) is 47.6. The Hall–Kier alpha value is -3.93. The summed E-state index contributed by atoms with van der Waals surface area (Å²) >= 11 is 0. The van der Waals surface area contributed by atoms with E-state index in [1.807, 2.05) is 6.08 Å². The highest BCUT2D eigenvalue weighted by molar-refractivity contribution is 5.71. The molecule has 1 atom stereocenters. The van der Waals surface area contributed by atoms with E-state index in [4.69, 9.17) is 14.2 Å². The molecule has 0 fully saturated rings. The monoisotopic (exact) mass is 1010 g/mol. The molecule has 6 heteroatoms. The maximum atomic E-state index is 12.8. The summed E-state index contributed by atoms with van der Waals surface area (Å²) in [5, 5.41) is 0. The summed E-state index contributed by atoms with van der Waals surface area (Å²) in [4.78, 5) is 38.2. The van der Waals surface area contributed by atoms with Crippen molar-refractivity contribution in [2.75, 3.05) is 13.2 Å². The van der Waals surface area contributed by atoms with Crippen LogP contribution in [0.4, 0.5) is 0 Å². The molecule has 0 aromatic carbocycles. The molecule has 0 spiro atoms. The molecule has 0 rings (SSSR count). The molecule has 416 valence electrons. The molecule has 0 radical (unpaired) electrons. The molecule has 0 aliphatic carbocycles. The predicted molar refractivity (Wildman–Crippen MR) is 316 cm³/mol. The summed E-state index contributed by atoms with van der Waals surface area (Å²) in [6.45, 7) is 6.36. The zero-order valence-corrected chi connectivity index (χ0v) is 47.6. The third-order valence-corrected chi connectivity index (χ3v) is 12.8. The van der Waals surface area contributed by atoms with E-state index >= 15 is 0 Å². The van der Waals surface area contributed by atoms with Crippen LogP contribution >= 0.6 is 0 Å². The van der Waals surface area contributed by atoms with Crippen LogP contribution in [0.5, 0.6) is 0 Å². The van der Waals surface area contributed by atoms with Gasteiger partial charge in [-0.05, 0) is 89.9 Å². The van der Waals surface area contributed by atoms with Crippen molar-refractivity contribution in [2.45, 2.75) is 284 Å². The van der Waals surface area contributed by atoms with Crippen LogP contribution in [0, 0.1) is 0 Å². The van der Waals surface area contributed by atoms with Gasteiger partial charge in [-0.15, -0.1) is 0 Å². The molecule has 0 heterocycles. The zero-order chi connectivity index (χ0) is 52.9. The molecule has 0 aliphatic heterocycles. The molecule has 0 bridgehead atoms. The van der Waals surface area contributed by atoms with Crippen LogP contribution in [-0.4, -0.2) is 37.2 Å². The van der Waals surface area contributed by atoms with Gasteiger partial charge in [-0.25, -0.2) is 0 Å². The van der Waals surface area contributed by atoms with E-state index in [0.717, 1.165) is 116 Å². The summed E-state index contributed by atoms with van der Waals surface area (Å²) in [6, 6.07) is 0. The first-order valence-electron chi connectivity index (χ1n) is 30.4. The Kier molecular flexibility index (Phi) is 57.4. The highest BCUT2D eigenvalue weighted by Gasteiger charge is 2.19. The molecular weight excluding hydrogens is 901 g/mol. The van der Waals surface area contributed by atoms with Crippen LogP contribution in [0.3, 0.4) is 0 Å². The van der Waals surface area contributed by atoms with E-state index < -0.39 is 12.1 Å². The number of hydrogen-bond acceptors (Lipinski definition) is 6. The van der Waals surface area contributed by atoms with Crippen molar-refractivity contribution in [3.8, 4) is 0 Å². The van der Waals surface area contributed by atoms with Gasteiger partial charge in [-0.3, -0.25) is 14.4 Å². The average Bonchev–Trinajstić information content (AvgIpc) is 3.39. The topological polar surface area (TPSA) is 78.9 Å². The smallest absolute Gasteiger partial charge is 0.306 e. The van der Waals surface area contributed by atoms with Crippen LogP contribution in [-0.2, 0) is 28.6 Å². The van der Waals surface area contributed by atoms with Gasteiger partial charge in [0.25, 0.3) is 0 Å². The molecule has 73 heavy (non-hydrogen) atoms. The Bertz CT molecular complexity index is 1490. The summed E-state index contributed by atoms with van der Waals surface area (Å²) in [5.74, 6) is -1.01. The minimum atomic E-state index is -0.827. The van der Waals surface area contributed by atoms with Crippen LogP contribution in [0.15, 0.2) is 109 Å². The minimum absolute atomic E-state index is 0.113. The summed E-state index contributed by atoms with van der Waals surface area (Å²) < 4.78 is 16.8. The van der Waals surface area contributed by atoms with Crippen LogP contribution in [0.2, 0.25) is 0 Å². The molecule has 0 aliphatic rings. The number of rotatable bonds is 54. The first-order valence-corrected chi connectivity index (χ1v) is 30.4. The fourth-order valence-electron chi connectivity index (χ4n) is 8.31. The lowest BCUT2D eigenvalue weighted by atomic mass is 10.0. The number of carbonyl (C=O) groups is 3. The SMILES string of the molecule is CC/C=C\C/C=C\C/C=C\C/C=C\C/C=C\C/C=C\CCC(=O)O[C@H](COC(=O)CCCCCCC/C=C\C/C=C\C/C=C\CC)COC(=O)CCCCCCCCCCCCCCCCCCCCCCC. The minimum Gasteiger partial charge on any atom is -0.462 e. The lowest BCUT2D eigenvalue weighted by Gasteiger charge is -2.18. The maximum absolute atomic E-state index is 12.8. The number of esters is 3. The Morgan fingerprint density at radius 3 is 0.890 bits per heavy atom. The highest BCUT2D eigenvalue weighted by atomic mass is 16.6. The quantitative estimate of drug-likeness (QED) is 0.0261. The van der Waals surface area contributed by atoms with Crippen LogP contribution in [0.25, 0.3) is 0 Å². The van der Waals surface area contributed by atoms with Gasteiger partial charge in [-0.2, -0.15) is 0 Å². The molecule has 0 amide bonds. The van der Waals surface area contributed by atoms with Crippen molar-refractivity contribution in [3.63, 3.8) is 0 Å². The van der Waals surface area contributed by atoms with Crippen LogP contribution in [0.1, 0.15) is 278 Å². The second kappa shape index (κ2) is 60.6. The van der Waals surface area contributed by atoms with Gasteiger partial charge in [0.15, 0.2) is 6.10 Å². The Balaban J connectivity index is 4.47. The molecule has 0 saturated carbocycles. The molecular formula is C67H112O6. The number of ether oxygens (including phenoxy) is 3. The Morgan fingerprint density at radius 1 is 0.288 bits per heavy atom. The van der Waals surface area contributed by atoms with Gasteiger partial charge in [-0.1, -0.05) is 278 Å². The lowest BCUT2D eigenvalue weighted by molar-refractivity contribution is -0.166. The van der Waals surface area contributed by atoms with E-state index in [1.165, 1.54) is 116 Å². The second-order valence-corrected chi connectivity index (χ2v) is 19.9. The lowest BCUT2D eigenvalue weighted by Crippen LogP contribution is -2.30. The number of unbranched alkanes of at least 4 members (excludes halogenated alkanes) is 25. The average molecular weight is 1010 g/mol. The van der Waals surface area contributed by atoms with E-state index in [0.29, 0.717) is 19.3 Å². The van der Waals surface area contributed by atoms with Crippen molar-refractivity contribution < 1.29 is 28.6 Å². The summed E-state index contributed by atoms with van der Waals surface area (Å²) in [7, 11) is 0. The summed E-state index contributed by atoms with van der Waals surface area (Å²) in [6.07, 6.45) is 82.5. The van der Waals surface area contributed by atoms with Crippen molar-refractivity contribution >= 4 is 17.9 Å². The number of carbonyl (C=O) groups excluding carboxylic acids is 3. The van der Waals surface area contributed by atoms with Gasteiger partial charge in [0.05, 0.1) is 0 Å². The fraction of sp³-hybridized carbons (Fsp3) is 0.687. The third-order valence-electron chi connectivity index (χ3n) is 12.8. The van der Waals surface area contributed by atoms with Crippen molar-refractivity contribution in [1.29, 1.82) is 0 Å². The first-order chi connectivity index (χ1) is 36.0. The van der Waals surface area contributed by atoms with Crippen molar-refractivity contribution in [1.82, 2.24) is 0 Å². The van der Waals surface area contributed by atoms with Crippen molar-refractivity contribution in [2.24, 2.45) is 0 Å². The molecule has 0 aromatic rings. The van der Waals surface area contributed by atoms with E-state index in [-0.39, 0.29) is 31.6 Å². The van der Waals surface area contributed by atoms with E-state index in [2.05, 4.69) is 124 Å². The van der Waals surface area contributed by atoms with Gasteiger partial charge in [0.1, 0.15) is 13.2 Å². The molecule has 0 aromatic heterocycles. The fourth-order valence-corrected chi connectivity index (χ4v) is 8.31. The van der Waals surface area contributed by atoms with Gasteiger partial charge in [0, 0.05) is 19.3 Å². The summed E-state index contributed by atoms with van der Waals surface area (Å²) in [5.41, 5.74) is 0. The molecule has 0 saturated heterocycles. The third kappa shape index (κ3) is 58.8. The molecule has 0 unspecified atom stereocenters. The van der Waals surface area contributed by atoms with Crippen molar-refractivity contribution in [3.05, 3.63) is 109 Å². The standard InChI is InChI=1S/C67H112O6/c1-4-7-10-13-16-19-22-25-28-30-32-33-35-36-39-42-45-48-51-54-57-60-66(69)72-63-64(62-71-65(68)59-56-53-50-47-44-41-38-27-24-21-18-15-12-9-6-3)73-67(70)61-58-55-52-49-46-43-40-37-34-31-29-26-23-20-17-14-11-8-5-2/h8-9,11-12,17-18,20-21,26-27,29,34,37-38,43,46,52,55,64H,4-7,10,13-16,19,22-25,28,30-33,35-36,39-42,44-45,47-51,53-54,56-63H2,1-3H3/b11-8-,12-9-,20-17-,21-18-,29-26-,37-34-,38-27-,46-43-,55-52-/t64-/m1/s1. The molecule has 6 nitrogen and oxygen atoms in total. The highest BCUT2D eigenvalue weighted by Crippen LogP contribution is 2.16. The number of hydrogen-bond donors (Lipinski definition) is 0. The van der Waals surface area contributed by atoms with E-state index in [9.17, 15) is 14.4 Å². The second-order valence-electron chi connectivity index (χ2n) is 19.9. The number of allylic oxidation sites excluding steroid dienone is 18. The normalized spacial score (nSPS) is 12.9. The molecule has 0 N–H and O–H groups in total. The van der Waals surface area contributed by atoms with Gasteiger partial charge < -0.3 is 14.2 Å². The predicted octanol–water partition coefficient (Wildman–Crippen LogP) is 20.7. The Morgan fingerprint density at radius 2 is 0.562 bits per heavy atom. The van der Waals surface area contributed by atoms with Crippen LogP contribution < -0.4 is 0 Å². The maximum Gasteiger partial charge on any atom is 0.306 e. The largest absolute Gasteiger partial charge is 0.462 e. The van der Waals surface area contributed by atoms with Gasteiger partial charge in [0.2, 0.25) is 0 Å². The first kappa shape index (κ1) is 69.1. The van der Waals surface area contributed by atoms with Gasteiger partial charge >= 0.3 is 17.9 Å².